The van der Waals surface area contributed by atoms with Gasteiger partial charge in [-0.3, -0.25) is 4.68 Å². The second kappa shape index (κ2) is 8.92. The minimum Gasteiger partial charge on any atom is -0.308 e. The second-order valence-electron chi connectivity index (χ2n) is 5.23. The van der Waals surface area contributed by atoms with Gasteiger partial charge >= 0.3 is 6.03 Å². The smallest absolute Gasteiger partial charge is 0.308 e. The van der Waals surface area contributed by atoms with E-state index in [1.807, 2.05) is 4.68 Å². The number of nitrogens with one attached hydrogen (secondary N) is 2. The molecule has 0 fully saturated rings. The van der Waals surface area contributed by atoms with Crippen LogP contribution < -0.4 is 10.6 Å². The lowest BCUT2D eigenvalue weighted by Crippen LogP contribution is -2.27. The lowest BCUT2D eigenvalue weighted by Gasteiger charge is -2.17. The zero-order chi connectivity index (χ0) is 17.5. The van der Waals surface area contributed by atoms with E-state index in [9.17, 15) is 4.79 Å². The van der Waals surface area contributed by atoms with Gasteiger partial charge in [0, 0.05) is 18.4 Å². The summed E-state index contributed by atoms with van der Waals surface area (Å²) in [5.74, 6) is 0. The fraction of sp³-hybridized carbons (Fsp3) is 0.375. The van der Waals surface area contributed by atoms with Gasteiger partial charge in [0.15, 0.2) is 0 Å². The summed E-state index contributed by atoms with van der Waals surface area (Å²) >= 11 is 11.8. The SMILES string of the molecule is CCN(CC)CCn1cc(NC(=O)Nc2ccc(Cl)c(Cl)c2)cn1. The molecule has 1 heterocycles. The fourth-order valence-corrected chi connectivity index (χ4v) is 2.50. The molecule has 0 aliphatic rings. The van der Waals surface area contributed by atoms with E-state index in [0.717, 1.165) is 26.2 Å². The van der Waals surface area contributed by atoms with Crippen LogP contribution in [0.1, 0.15) is 13.8 Å². The summed E-state index contributed by atoms with van der Waals surface area (Å²) in [6, 6.07) is 4.54. The molecule has 1 aromatic carbocycles. The fourth-order valence-electron chi connectivity index (χ4n) is 2.20. The number of nitrogens with zero attached hydrogens (tertiary/aromatic N) is 3. The number of hydrogen-bond donors (Lipinski definition) is 2. The summed E-state index contributed by atoms with van der Waals surface area (Å²) in [6.07, 6.45) is 3.43. The molecule has 24 heavy (non-hydrogen) atoms. The number of hydrogen-bond acceptors (Lipinski definition) is 3. The highest BCUT2D eigenvalue weighted by Gasteiger charge is 2.07. The Bertz CT molecular complexity index is 685. The van der Waals surface area contributed by atoms with Gasteiger partial charge in [-0.05, 0) is 31.3 Å². The molecule has 0 radical (unpaired) electrons. The van der Waals surface area contributed by atoms with Crippen molar-refractivity contribution in [2.45, 2.75) is 20.4 Å². The molecule has 0 aliphatic heterocycles. The molecule has 2 aromatic rings. The quantitative estimate of drug-likeness (QED) is 0.769. The zero-order valence-electron chi connectivity index (χ0n) is 13.7. The summed E-state index contributed by atoms with van der Waals surface area (Å²) in [4.78, 5) is 14.3. The molecule has 130 valence electrons. The molecule has 0 spiro atoms. The zero-order valence-corrected chi connectivity index (χ0v) is 15.2. The van der Waals surface area contributed by atoms with Crippen LogP contribution in [0.2, 0.25) is 10.0 Å². The van der Waals surface area contributed by atoms with Gasteiger partial charge in [0.1, 0.15) is 0 Å². The average molecular weight is 370 g/mol. The van der Waals surface area contributed by atoms with Crippen molar-refractivity contribution in [2.75, 3.05) is 30.3 Å². The van der Waals surface area contributed by atoms with E-state index in [4.69, 9.17) is 23.2 Å². The maximum atomic E-state index is 12.0. The maximum absolute atomic E-state index is 12.0. The number of urea groups is 1. The Balaban J connectivity index is 1.87. The van der Waals surface area contributed by atoms with Gasteiger partial charge in [0.2, 0.25) is 0 Å². The first-order valence-electron chi connectivity index (χ1n) is 7.79. The predicted molar refractivity (Wildman–Crippen MR) is 99.1 cm³/mol. The highest BCUT2D eigenvalue weighted by Crippen LogP contribution is 2.25. The largest absolute Gasteiger partial charge is 0.323 e. The van der Waals surface area contributed by atoms with Crippen molar-refractivity contribution < 1.29 is 4.79 Å². The van der Waals surface area contributed by atoms with Crippen LogP contribution in [0.3, 0.4) is 0 Å². The van der Waals surface area contributed by atoms with E-state index >= 15 is 0 Å². The van der Waals surface area contributed by atoms with E-state index in [2.05, 4.69) is 34.5 Å². The van der Waals surface area contributed by atoms with Gasteiger partial charge in [-0.2, -0.15) is 5.10 Å². The van der Waals surface area contributed by atoms with Gasteiger partial charge in [-0.15, -0.1) is 0 Å². The molecule has 0 saturated heterocycles. The topological polar surface area (TPSA) is 62.2 Å². The van der Waals surface area contributed by atoms with Crippen molar-refractivity contribution in [3.8, 4) is 0 Å². The van der Waals surface area contributed by atoms with Gasteiger partial charge in [0.05, 0.1) is 28.5 Å². The standard InChI is InChI=1S/C16H21Cl2N5O/c1-3-22(4-2)7-8-23-11-13(10-19-23)21-16(24)20-12-5-6-14(17)15(18)9-12/h5-6,9-11H,3-4,7-8H2,1-2H3,(H2,20,21,24). The molecule has 0 unspecified atom stereocenters. The van der Waals surface area contributed by atoms with Crippen LogP contribution in [-0.2, 0) is 6.54 Å². The third-order valence-corrected chi connectivity index (χ3v) is 4.35. The molecule has 1 aromatic heterocycles. The Morgan fingerprint density at radius 3 is 2.54 bits per heavy atom. The Kier molecular flexibility index (Phi) is 6.90. The molecule has 0 atom stereocenters. The Labute approximate surface area is 151 Å². The molecule has 0 bridgehead atoms. The molecular weight excluding hydrogens is 349 g/mol. The molecule has 2 N–H and O–H groups in total. The van der Waals surface area contributed by atoms with Crippen LogP contribution >= 0.6 is 23.2 Å². The molecule has 6 nitrogen and oxygen atoms in total. The maximum Gasteiger partial charge on any atom is 0.323 e. The number of likely N-dealkylation sites (N-methyl/N-ethyl adjacent to an activating group) is 1. The number of halogens is 2. The number of aromatic nitrogens is 2. The number of amides is 2. The van der Waals surface area contributed by atoms with E-state index in [0.29, 0.717) is 21.4 Å². The number of benzene rings is 1. The Hall–Kier alpha value is -1.76. The van der Waals surface area contributed by atoms with Gasteiger partial charge < -0.3 is 15.5 Å². The van der Waals surface area contributed by atoms with Crippen LogP contribution in [0.4, 0.5) is 16.2 Å². The normalized spacial score (nSPS) is 10.9. The third kappa shape index (κ3) is 5.40. The van der Waals surface area contributed by atoms with Crippen molar-refractivity contribution in [1.29, 1.82) is 0 Å². The molecule has 0 saturated carbocycles. The van der Waals surface area contributed by atoms with Crippen LogP contribution in [0.25, 0.3) is 0 Å². The van der Waals surface area contributed by atoms with Gasteiger partial charge in [-0.1, -0.05) is 37.0 Å². The lowest BCUT2D eigenvalue weighted by molar-refractivity contribution is 0.262. The third-order valence-electron chi connectivity index (χ3n) is 3.61. The average Bonchev–Trinajstić information content (AvgIpc) is 2.99. The highest BCUT2D eigenvalue weighted by atomic mass is 35.5. The van der Waals surface area contributed by atoms with Crippen molar-refractivity contribution in [3.05, 3.63) is 40.6 Å². The number of rotatable bonds is 7. The summed E-state index contributed by atoms with van der Waals surface area (Å²) < 4.78 is 1.81. The number of carbonyl (C=O) groups excluding carboxylic acids is 1. The van der Waals surface area contributed by atoms with Crippen molar-refractivity contribution in [3.63, 3.8) is 0 Å². The van der Waals surface area contributed by atoms with E-state index < -0.39 is 0 Å². The van der Waals surface area contributed by atoms with Crippen LogP contribution in [0, 0.1) is 0 Å². The second-order valence-corrected chi connectivity index (χ2v) is 6.04. The van der Waals surface area contributed by atoms with Crippen LogP contribution in [0.5, 0.6) is 0 Å². The first-order valence-corrected chi connectivity index (χ1v) is 8.55. The van der Waals surface area contributed by atoms with Crippen molar-refractivity contribution in [1.82, 2.24) is 14.7 Å². The van der Waals surface area contributed by atoms with Gasteiger partial charge in [0.25, 0.3) is 0 Å². The minimum atomic E-state index is -0.364. The van der Waals surface area contributed by atoms with E-state index in [-0.39, 0.29) is 6.03 Å². The molecule has 8 heteroatoms. The Morgan fingerprint density at radius 2 is 1.88 bits per heavy atom. The van der Waals surface area contributed by atoms with Crippen LogP contribution in [-0.4, -0.2) is 40.3 Å². The minimum absolute atomic E-state index is 0.364. The van der Waals surface area contributed by atoms with Crippen LogP contribution in [0.15, 0.2) is 30.6 Å². The monoisotopic (exact) mass is 369 g/mol. The molecule has 2 amide bonds. The molecule has 0 aliphatic carbocycles. The first kappa shape index (κ1) is 18.6. The number of anilines is 2. The van der Waals surface area contributed by atoms with Crippen molar-refractivity contribution >= 4 is 40.6 Å². The van der Waals surface area contributed by atoms with E-state index in [1.54, 1.807) is 30.6 Å². The van der Waals surface area contributed by atoms with Gasteiger partial charge in [-0.25, -0.2) is 4.79 Å². The molecular formula is C16H21Cl2N5O. The number of carbonyl (C=O) groups is 1. The Morgan fingerprint density at radius 1 is 1.17 bits per heavy atom. The summed E-state index contributed by atoms with van der Waals surface area (Å²) in [6.45, 7) is 7.98. The van der Waals surface area contributed by atoms with E-state index in [1.165, 1.54) is 0 Å². The first-order chi connectivity index (χ1) is 11.5. The highest BCUT2D eigenvalue weighted by molar-refractivity contribution is 6.42. The van der Waals surface area contributed by atoms with Crippen molar-refractivity contribution in [2.24, 2.45) is 0 Å². The summed E-state index contributed by atoms with van der Waals surface area (Å²) in [5.41, 5.74) is 1.20. The molecule has 2 rings (SSSR count). The lowest BCUT2D eigenvalue weighted by atomic mass is 10.3. The predicted octanol–water partition coefficient (Wildman–Crippen LogP) is 4.18. The summed E-state index contributed by atoms with van der Waals surface area (Å²) in [5, 5.41) is 10.5. The summed E-state index contributed by atoms with van der Waals surface area (Å²) in [7, 11) is 0.